The van der Waals surface area contributed by atoms with Gasteiger partial charge in [-0.15, -0.1) is 0 Å². The number of hydrogen-bond acceptors (Lipinski definition) is 2. The highest BCUT2D eigenvalue weighted by Crippen LogP contribution is 2.47. The van der Waals surface area contributed by atoms with Crippen LogP contribution >= 0.6 is 0 Å². The Balaban J connectivity index is 2.70. The Morgan fingerprint density at radius 1 is 1.25 bits per heavy atom. The first-order valence-corrected chi connectivity index (χ1v) is 4.67. The molecule has 71 valence electrons. The van der Waals surface area contributed by atoms with E-state index < -0.39 is 0 Å². The van der Waals surface area contributed by atoms with Gasteiger partial charge in [-0.1, -0.05) is 20.8 Å². The molecule has 0 heterocycles. The van der Waals surface area contributed by atoms with Crippen molar-refractivity contribution in [2.75, 3.05) is 6.54 Å². The monoisotopic (exact) mass is 169 g/mol. The van der Waals surface area contributed by atoms with Gasteiger partial charge in [-0.3, -0.25) is 0 Å². The van der Waals surface area contributed by atoms with Crippen molar-refractivity contribution in [3.63, 3.8) is 0 Å². The van der Waals surface area contributed by atoms with Gasteiger partial charge in [0.2, 0.25) is 0 Å². The van der Waals surface area contributed by atoms with E-state index in [4.69, 9.17) is 11.5 Å². The van der Waals surface area contributed by atoms with Crippen LogP contribution in [0, 0.1) is 16.9 Å². The second kappa shape index (κ2) is 3.00. The largest absolute Gasteiger partial charge is 0.330 e. The van der Waals surface area contributed by atoms with Crippen molar-refractivity contribution in [3.8, 4) is 0 Å². The number of rotatable bonds is 1. The lowest BCUT2D eigenvalue weighted by Crippen LogP contribution is -2.41. The fraction of sp³-hybridized carbons (Fsp3) is 0.900. The molecule has 0 spiro atoms. The Bertz CT molecular complexity index is 165. The van der Waals surface area contributed by atoms with Crippen LogP contribution in [0.1, 0.15) is 40.0 Å². The van der Waals surface area contributed by atoms with Gasteiger partial charge >= 0.3 is 0 Å². The van der Waals surface area contributed by atoms with E-state index in [-0.39, 0.29) is 5.41 Å². The van der Waals surface area contributed by atoms with Gasteiger partial charge in [-0.25, -0.2) is 0 Å². The van der Waals surface area contributed by atoms with Crippen molar-refractivity contribution in [3.05, 3.63) is 6.04 Å². The predicted octanol–water partition coefficient (Wildman–Crippen LogP) is 1.65. The van der Waals surface area contributed by atoms with Gasteiger partial charge < -0.3 is 11.5 Å². The molecule has 1 rings (SSSR count). The first-order valence-electron chi connectivity index (χ1n) is 4.67. The Morgan fingerprint density at radius 2 is 1.83 bits per heavy atom. The van der Waals surface area contributed by atoms with Crippen LogP contribution in [0.4, 0.5) is 0 Å². The molecule has 0 bridgehead atoms. The first kappa shape index (κ1) is 10.0. The van der Waals surface area contributed by atoms with Crippen molar-refractivity contribution < 1.29 is 0 Å². The Hall–Kier alpha value is -0.0800. The van der Waals surface area contributed by atoms with Crippen LogP contribution in [-0.2, 0) is 0 Å². The summed E-state index contributed by atoms with van der Waals surface area (Å²) in [7, 11) is 0. The Morgan fingerprint density at radius 3 is 2.25 bits per heavy atom. The average molecular weight is 169 g/mol. The van der Waals surface area contributed by atoms with E-state index in [2.05, 4.69) is 20.8 Å². The molecule has 2 nitrogen and oxygen atoms in total. The Kier molecular flexibility index (Phi) is 2.50. The molecular formula is C10H21N2. The molecule has 1 unspecified atom stereocenters. The maximum Gasteiger partial charge on any atom is 0.0348 e. The molecule has 1 aliphatic rings. The lowest BCUT2D eigenvalue weighted by atomic mass is 9.63. The lowest BCUT2D eigenvalue weighted by molar-refractivity contribution is 0.122. The summed E-state index contributed by atoms with van der Waals surface area (Å²) in [5.74, 6) is 0. The quantitative estimate of drug-likeness (QED) is 0.627. The van der Waals surface area contributed by atoms with Crippen LogP contribution in [0.2, 0.25) is 0 Å². The summed E-state index contributed by atoms with van der Waals surface area (Å²) in [5, 5.41) is 0. The zero-order valence-corrected chi connectivity index (χ0v) is 8.48. The minimum absolute atomic E-state index is 0.242. The molecule has 2 heteroatoms. The minimum atomic E-state index is 0.242. The zero-order valence-electron chi connectivity index (χ0n) is 8.48. The fourth-order valence-corrected chi connectivity index (χ4v) is 2.65. The lowest BCUT2D eigenvalue weighted by Gasteiger charge is -2.44. The van der Waals surface area contributed by atoms with Gasteiger partial charge in [0.05, 0.1) is 0 Å². The molecule has 0 aromatic carbocycles. The van der Waals surface area contributed by atoms with Crippen molar-refractivity contribution in [1.29, 1.82) is 0 Å². The summed E-state index contributed by atoms with van der Waals surface area (Å²) >= 11 is 0. The summed E-state index contributed by atoms with van der Waals surface area (Å²) < 4.78 is 0. The molecule has 1 atom stereocenters. The fourth-order valence-electron chi connectivity index (χ4n) is 2.65. The zero-order chi connectivity index (χ0) is 9.41. The van der Waals surface area contributed by atoms with Crippen molar-refractivity contribution >= 4 is 0 Å². The molecule has 1 aliphatic carbocycles. The van der Waals surface area contributed by atoms with E-state index in [1.54, 1.807) is 0 Å². The predicted molar refractivity (Wildman–Crippen MR) is 52.2 cm³/mol. The SMILES string of the molecule is CC1(C)C[C](N)CC(C)(CN)C1. The van der Waals surface area contributed by atoms with Gasteiger partial charge in [0.15, 0.2) is 0 Å². The Labute approximate surface area is 75.7 Å². The summed E-state index contributed by atoms with van der Waals surface area (Å²) in [6, 6.07) is 1.12. The number of nitrogens with two attached hydrogens (primary N) is 2. The van der Waals surface area contributed by atoms with E-state index in [0.717, 1.165) is 25.4 Å². The maximum absolute atomic E-state index is 5.92. The molecular weight excluding hydrogens is 148 g/mol. The van der Waals surface area contributed by atoms with Crippen LogP contribution in [0.5, 0.6) is 0 Å². The van der Waals surface area contributed by atoms with Crippen LogP contribution in [0.3, 0.4) is 0 Å². The van der Waals surface area contributed by atoms with Crippen molar-refractivity contribution in [2.24, 2.45) is 22.3 Å². The second-order valence-corrected chi connectivity index (χ2v) is 5.37. The standard InChI is InChI=1S/C10H21N2/c1-9(2)4-8(12)5-10(3,6-9)7-11/h4-7,11-12H2,1-3H3. The maximum atomic E-state index is 5.92. The highest BCUT2D eigenvalue weighted by atomic mass is 14.7. The van der Waals surface area contributed by atoms with Crippen molar-refractivity contribution in [2.45, 2.75) is 40.0 Å². The molecule has 4 N–H and O–H groups in total. The normalized spacial score (nSPS) is 36.8. The molecule has 1 fully saturated rings. The van der Waals surface area contributed by atoms with E-state index in [0.29, 0.717) is 5.41 Å². The van der Waals surface area contributed by atoms with Crippen LogP contribution in [0.15, 0.2) is 0 Å². The third-order valence-corrected chi connectivity index (χ3v) is 2.76. The third-order valence-electron chi connectivity index (χ3n) is 2.76. The molecule has 0 aromatic heterocycles. The van der Waals surface area contributed by atoms with E-state index >= 15 is 0 Å². The van der Waals surface area contributed by atoms with Gasteiger partial charge in [-0.05, 0) is 36.6 Å². The minimum Gasteiger partial charge on any atom is -0.330 e. The summed E-state index contributed by atoms with van der Waals surface area (Å²) in [6.45, 7) is 7.53. The topological polar surface area (TPSA) is 52.0 Å². The smallest absolute Gasteiger partial charge is 0.0348 e. The second-order valence-electron chi connectivity index (χ2n) is 5.37. The molecule has 0 amide bonds. The molecule has 1 radical (unpaired) electrons. The van der Waals surface area contributed by atoms with Gasteiger partial charge in [0, 0.05) is 6.04 Å². The highest BCUT2D eigenvalue weighted by molar-refractivity contribution is 5.02. The molecule has 1 saturated carbocycles. The molecule has 0 aromatic rings. The molecule has 12 heavy (non-hydrogen) atoms. The van der Waals surface area contributed by atoms with Gasteiger partial charge in [0.25, 0.3) is 0 Å². The van der Waals surface area contributed by atoms with Crippen molar-refractivity contribution in [1.82, 2.24) is 0 Å². The van der Waals surface area contributed by atoms with Gasteiger partial charge in [0.1, 0.15) is 0 Å². The summed E-state index contributed by atoms with van der Waals surface area (Å²) in [5.41, 5.74) is 12.3. The van der Waals surface area contributed by atoms with Gasteiger partial charge in [-0.2, -0.15) is 0 Å². The van der Waals surface area contributed by atoms with E-state index in [9.17, 15) is 0 Å². The van der Waals surface area contributed by atoms with E-state index in [1.807, 2.05) is 0 Å². The summed E-state index contributed by atoms with van der Waals surface area (Å²) in [4.78, 5) is 0. The molecule has 0 saturated heterocycles. The van der Waals surface area contributed by atoms with Crippen LogP contribution in [0.25, 0.3) is 0 Å². The van der Waals surface area contributed by atoms with E-state index in [1.165, 1.54) is 6.42 Å². The molecule has 0 aliphatic heterocycles. The van der Waals surface area contributed by atoms with Crippen LogP contribution in [-0.4, -0.2) is 6.54 Å². The van der Waals surface area contributed by atoms with Crippen LogP contribution < -0.4 is 11.5 Å². The number of hydrogen-bond donors (Lipinski definition) is 2. The highest BCUT2D eigenvalue weighted by Gasteiger charge is 2.39. The average Bonchev–Trinajstić information content (AvgIpc) is 1.82. The summed E-state index contributed by atoms with van der Waals surface area (Å²) in [6.07, 6.45) is 3.26. The first-order chi connectivity index (χ1) is 5.37. The third kappa shape index (κ3) is 2.20.